The number of amides is 3. The molecule has 2 rings (SSSR count). The summed E-state index contributed by atoms with van der Waals surface area (Å²) >= 11 is 0. The monoisotopic (exact) mass is 346 g/mol. The van der Waals surface area contributed by atoms with Crippen LogP contribution in [0.25, 0.3) is 11.0 Å². The number of fused-ring (bicyclic) bond motifs is 1. The molecule has 0 spiro atoms. The third-order valence-electron chi connectivity index (χ3n) is 3.53. The van der Waals surface area contributed by atoms with Gasteiger partial charge in [-0.1, -0.05) is 20.8 Å². The van der Waals surface area contributed by atoms with Gasteiger partial charge in [0.1, 0.15) is 11.3 Å². The highest BCUT2D eigenvalue weighted by Gasteiger charge is 2.11. The lowest BCUT2D eigenvalue weighted by atomic mass is 10.00. The lowest BCUT2D eigenvalue weighted by molar-refractivity contribution is -0.122. The molecule has 0 bridgehead atoms. The van der Waals surface area contributed by atoms with E-state index in [2.05, 4.69) is 10.6 Å². The van der Waals surface area contributed by atoms with Crippen molar-refractivity contribution < 1.29 is 18.7 Å². The van der Waals surface area contributed by atoms with Crippen molar-refractivity contribution in [3.63, 3.8) is 0 Å². The maximum Gasteiger partial charge on any atom is 0.336 e. The Hall–Kier alpha value is -2.83. The van der Waals surface area contributed by atoms with Crippen LogP contribution in [0.2, 0.25) is 0 Å². The molecule has 0 aliphatic rings. The van der Waals surface area contributed by atoms with Gasteiger partial charge < -0.3 is 14.5 Å². The molecule has 1 heterocycles. The van der Waals surface area contributed by atoms with Crippen LogP contribution in [0.15, 0.2) is 33.5 Å². The number of benzene rings is 1. The molecule has 0 radical (unpaired) electrons. The fraction of sp³-hybridized carbons (Fsp3) is 0.389. The molecule has 7 nitrogen and oxygen atoms in total. The third kappa shape index (κ3) is 5.07. The summed E-state index contributed by atoms with van der Waals surface area (Å²) < 4.78 is 10.6. The summed E-state index contributed by atoms with van der Waals surface area (Å²) in [6.45, 7) is 6.06. The molecule has 0 atom stereocenters. The minimum Gasteiger partial charge on any atom is -0.484 e. The van der Waals surface area contributed by atoms with Gasteiger partial charge in [-0.3, -0.25) is 10.1 Å². The van der Waals surface area contributed by atoms with E-state index in [9.17, 15) is 14.4 Å². The van der Waals surface area contributed by atoms with Crippen molar-refractivity contribution in [3.8, 4) is 5.75 Å². The highest BCUT2D eigenvalue weighted by atomic mass is 16.5. The third-order valence-corrected chi connectivity index (χ3v) is 3.53. The summed E-state index contributed by atoms with van der Waals surface area (Å²) in [5.41, 5.74) is 0.858. The Morgan fingerprint density at radius 3 is 2.68 bits per heavy atom. The molecule has 3 amide bonds. The first-order valence-corrected chi connectivity index (χ1v) is 8.19. The van der Waals surface area contributed by atoms with Crippen molar-refractivity contribution in [2.24, 2.45) is 0 Å². The van der Waals surface area contributed by atoms with Crippen molar-refractivity contribution in [2.45, 2.75) is 33.1 Å². The van der Waals surface area contributed by atoms with E-state index in [0.717, 1.165) is 17.4 Å². The number of imide groups is 1. The van der Waals surface area contributed by atoms with Gasteiger partial charge in [-0.25, -0.2) is 9.59 Å². The van der Waals surface area contributed by atoms with E-state index in [1.54, 1.807) is 18.2 Å². The quantitative estimate of drug-likeness (QED) is 0.783. The first kappa shape index (κ1) is 18.5. The van der Waals surface area contributed by atoms with Crippen LogP contribution < -0.4 is 21.0 Å². The fourth-order valence-electron chi connectivity index (χ4n) is 2.33. The molecule has 1 aromatic heterocycles. The summed E-state index contributed by atoms with van der Waals surface area (Å²) in [5, 5.41) is 5.52. The zero-order chi connectivity index (χ0) is 18.4. The molecule has 134 valence electrons. The molecule has 1 aromatic carbocycles. The van der Waals surface area contributed by atoms with Gasteiger partial charge >= 0.3 is 11.7 Å². The van der Waals surface area contributed by atoms with Gasteiger partial charge in [0.2, 0.25) is 0 Å². The largest absolute Gasteiger partial charge is 0.484 e. The van der Waals surface area contributed by atoms with Crippen LogP contribution in [0, 0.1) is 0 Å². The highest BCUT2D eigenvalue weighted by molar-refractivity contribution is 5.95. The van der Waals surface area contributed by atoms with Gasteiger partial charge in [0.15, 0.2) is 6.61 Å². The molecule has 0 unspecified atom stereocenters. The van der Waals surface area contributed by atoms with Crippen LogP contribution in [0.4, 0.5) is 4.79 Å². The van der Waals surface area contributed by atoms with Gasteiger partial charge in [0.25, 0.3) is 5.91 Å². The van der Waals surface area contributed by atoms with Crippen LogP contribution in [0.1, 0.15) is 38.7 Å². The van der Waals surface area contributed by atoms with Crippen LogP contribution in [-0.4, -0.2) is 25.1 Å². The normalized spacial score (nSPS) is 10.7. The van der Waals surface area contributed by atoms with Gasteiger partial charge in [-0.15, -0.1) is 0 Å². The van der Waals surface area contributed by atoms with Crippen molar-refractivity contribution in [1.29, 1.82) is 0 Å². The van der Waals surface area contributed by atoms with Crippen molar-refractivity contribution in [3.05, 3.63) is 40.2 Å². The molecule has 2 aromatic rings. The molecule has 0 saturated heterocycles. The standard InChI is InChI=1S/C18H22N2O5/c1-4-7-19-18(23)20-16(21)10-24-12-5-6-13-14(11(2)3)9-17(22)25-15(13)8-12/h5-6,8-9,11H,4,7,10H2,1-3H3,(H2,19,20,21,23). The Bertz CT molecular complexity index is 826. The van der Waals surface area contributed by atoms with Crippen molar-refractivity contribution in [2.75, 3.05) is 13.2 Å². The Morgan fingerprint density at radius 2 is 2.00 bits per heavy atom. The summed E-state index contributed by atoms with van der Waals surface area (Å²) in [7, 11) is 0. The minimum absolute atomic E-state index is 0.172. The van der Waals surface area contributed by atoms with Crippen LogP contribution in [-0.2, 0) is 4.79 Å². The highest BCUT2D eigenvalue weighted by Crippen LogP contribution is 2.26. The van der Waals surface area contributed by atoms with Gasteiger partial charge in [-0.05, 0) is 30.0 Å². The zero-order valence-corrected chi connectivity index (χ0v) is 14.5. The van der Waals surface area contributed by atoms with Gasteiger partial charge in [0.05, 0.1) is 0 Å². The van der Waals surface area contributed by atoms with E-state index in [-0.39, 0.29) is 12.5 Å². The lowest BCUT2D eigenvalue weighted by Crippen LogP contribution is -2.41. The summed E-state index contributed by atoms with van der Waals surface area (Å²) in [6.07, 6.45) is 0.777. The SMILES string of the molecule is CCCNC(=O)NC(=O)COc1ccc2c(C(C)C)cc(=O)oc2c1. The van der Waals surface area contributed by atoms with E-state index in [1.807, 2.05) is 20.8 Å². The average molecular weight is 346 g/mol. The number of hydrogen-bond donors (Lipinski definition) is 2. The predicted molar refractivity (Wildman–Crippen MR) is 93.9 cm³/mol. The van der Waals surface area contributed by atoms with E-state index >= 15 is 0 Å². The number of nitrogens with one attached hydrogen (secondary N) is 2. The Balaban J connectivity index is 2.06. The smallest absolute Gasteiger partial charge is 0.336 e. The lowest BCUT2D eigenvalue weighted by Gasteiger charge is -2.11. The van der Waals surface area contributed by atoms with Crippen molar-refractivity contribution >= 4 is 22.9 Å². The number of carbonyl (C=O) groups is 2. The van der Waals surface area contributed by atoms with E-state index in [0.29, 0.717) is 17.9 Å². The fourth-order valence-corrected chi connectivity index (χ4v) is 2.33. The predicted octanol–water partition coefficient (Wildman–Crippen LogP) is 2.53. The number of ether oxygens (including phenoxy) is 1. The maximum absolute atomic E-state index is 11.7. The second kappa shape index (κ2) is 8.32. The molecule has 7 heteroatoms. The molecule has 0 fully saturated rings. The topological polar surface area (TPSA) is 97.6 Å². The second-order valence-corrected chi connectivity index (χ2v) is 5.93. The van der Waals surface area contributed by atoms with Crippen molar-refractivity contribution in [1.82, 2.24) is 10.6 Å². The summed E-state index contributed by atoms with van der Waals surface area (Å²) in [5.74, 6) is -0.0162. The van der Waals surface area contributed by atoms with Crippen LogP contribution >= 0.6 is 0 Å². The Labute approximate surface area is 145 Å². The van der Waals surface area contributed by atoms with E-state index in [4.69, 9.17) is 9.15 Å². The molecule has 2 N–H and O–H groups in total. The molecular weight excluding hydrogens is 324 g/mol. The molecule has 0 aliphatic heterocycles. The van der Waals surface area contributed by atoms with Gasteiger partial charge in [0, 0.05) is 24.1 Å². The molecule has 25 heavy (non-hydrogen) atoms. The van der Waals surface area contributed by atoms with Crippen LogP contribution in [0.3, 0.4) is 0 Å². The maximum atomic E-state index is 11.7. The Kier molecular flexibility index (Phi) is 6.16. The number of rotatable bonds is 6. The second-order valence-electron chi connectivity index (χ2n) is 5.93. The molecular formula is C18H22N2O5. The summed E-state index contributed by atoms with van der Waals surface area (Å²) in [6, 6.07) is 5.97. The minimum atomic E-state index is -0.564. The first-order chi connectivity index (χ1) is 11.9. The number of hydrogen-bond acceptors (Lipinski definition) is 5. The number of urea groups is 1. The Morgan fingerprint density at radius 1 is 1.24 bits per heavy atom. The molecule has 0 saturated carbocycles. The average Bonchev–Trinajstić information content (AvgIpc) is 2.56. The first-order valence-electron chi connectivity index (χ1n) is 8.19. The molecule has 0 aliphatic carbocycles. The summed E-state index contributed by atoms with van der Waals surface area (Å²) in [4.78, 5) is 34.7. The van der Waals surface area contributed by atoms with Gasteiger partial charge in [-0.2, -0.15) is 0 Å². The zero-order valence-electron chi connectivity index (χ0n) is 14.5. The van der Waals surface area contributed by atoms with Crippen LogP contribution in [0.5, 0.6) is 5.75 Å². The number of carbonyl (C=O) groups excluding carboxylic acids is 2. The van der Waals surface area contributed by atoms with E-state index in [1.165, 1.54) is 6.07 Å². The van der Waals surface area contributed by atoms with E-state index < -0.39 is 17.6 Å².